The highest BCUT2D eigenvalue weighted by Gasteiger charge is 2.25. The van der Waals surface area contributed by atoms with E-state index in [1.165, 1.54) is 10.4 Å². The first kappa shape index (κ1) is 20.8. The van der Waals surface area contributed by atoms with E-state index in [1.54, 1.807) is 24.3 Å². The van der Waals surface area contributed by atoms with Crippen LogP contribution in [0, 0.1) is 0 Å². The number of rotatable bonds is 6. The van der Waals surface area contributed by atoms with E-state index in [0.29, 0.717) is 24.5 Å². The average molecular weight is 467 g/mol. The molecule has 1 amide bonds. The summed E-state index contributed by atoms with van der Waals surface area (Å²) >= 11 is 3.36. The molecule has 2 aromatic rings. The molecule has 0 spiro atoms. The summed E-state index contributed by atoms with van der Waals surface area (Å²) in [6.45, 7) is 0.906. The Bertz CT molecular complexity index is 925. The molecule has 0 radical (unpaired) electrons. The summed E-state index contributed by atoms with van der Waals surface area (Å²) in [6, 6.07) is 13.6. The zero-order valence-electron chi connectivity index (χ0n) is 15.4. The molecule has 1 N–H and O–H groups in total. The number of sulfonamides is 1. The fourth-order valence-corrected chi connectivity index (χ4v) is 5.03. The Labute approximate surface area is 174 Å². The molecule has 1 aliphatic heterocycles. The molecule has 1 fully saturated rings. The summed E-state index contributed by atoms with van der Waals surface area (Å²) in [5.41, 5.74) is 0.427. The second-order valence-corrected chi connectivity index (χ2v) is 9.41. The lowest BCUT2D eigenvalue weighted by atomic mass is 10.2. The number of para-hydroxylation sites is 1. The first-order valence-corrected chi connectivity index (χ1v) is 11.5. The first-order chi connectivity index (χ1) is 13.5. The maximum absolute atomic E-state index is 12.9. The molecule has 2 aromatic carbocycles. The molecule has 0 saturated carbocycles. The Morgan fingerprint density at radius 2 is 1.75 bits per heavy atom. The van der Waals surface area contributed by atoms with Crippen molar-refractivity contribution in [3.8, 4) is 5.75 Å². The molecule has 150 valence electrons. The number of halogens is 1. The van der Waals surface area contributed by atoms with Crippen molar-refractivity contribution in [2.75, 3.05) is 25.0 Å². The first-order valence-electron chi connectivity index (χ1n) is 9.24. The van der Waals surface area contributed by atoms with Gasteiger partial charge in [-0.1, -0.05) is 31.0 Å². The molecule has 6 nitrogen and oxygen atoms in total. The summed E-state index contributed by atoms with van der Waals surface area (Å²) < 4.78 is 33.6. The number of ether oxygens (including phenoxy) is 1. The molecule has 1 heterocycles. The smallest absolute Gasteiger partial charge is 0.262 e. The van der Waals surface area contributed by atoms with E-state index in [0.717, 1.165) is 30.2 Å². The molecule has 1 aliphatic rings. The van der Waals surface area contributed by atoms with E-state index in [-0.39, 0.29) is 17.4 Å². The molecule has 3 rings (SSSR count). The number of anilines is 1. The van der Waals surface area contributed by atoms with Crippen molar-refractivity contribution in [1.29, 1.82) is 0 Å². The van der Waals surface area contributed by atoms with Gasteiger partial charge in [0.1, 0.15) is 5.75 Å². The van der Waals surface area contributed by atoms with E-state index in [1.807, 2.05) is 18.2 Å². The van der Waals surface area contributed by atoms with Crippen molar-refractivity contribution in [3.05, 3.63) is 53.0 Å². The van der Waals surface area contributed by atoms with Gasteiger partial charge in [-0.15, -0.1) is 0 Å². The Kier molecular flexibility index (Phi) is 7.09. The minimum absolute atomic E-state index is 0.175. The molecule has 0 atom stereocenters. The fourth-order valence-electron chi connectivity index (χ4n) is 3.07. The number of nitrogens with one attached hydrogen (secondary N) is 1. The maximum Gasteiger partial charge on any atom is 0.262 e. The molecule has 0 aliphatic carbocycles. The van der Waals surface area contributed by atoms with Crippen molar-refractivity contribution >= 4 is 37.5 Å². The number of amides is 1. The predicted octanol–water partition coefficient (Wildman–Crippen LogP) is 4.03. The molecular weight excluding hydrogens is 444 g/mol. The average Bonchev–Trinajstić information content (AvgIpc) is 2.98. The molecule has 0 bridgehead atoms. The van der Waals surface area contributed by atoms with Gasteiger partial charge in [0.05, 0.1) is 9.37 Å². The minimum Gasteiger partial charge on any atom is -0.483 e. The van der Waals surface area contributed by atoms with E-state index in [4.69, 9.17) is 4.74 Å². The van der Waals surface area contributed by atoms with E-state index in [2.05, 4.69) is 21.2 Å². The summed E-state index contributed by atoms with van der Waals surface area (Å²) in [5.74, 6) is 0.204. The van der Waals surface area contributed by atoms with Crippen molar-refractivity contribution < 1.29 is 17.9 Å². The summed E-state index contributed by atoms with van der Waals surface area (Å²) in [5, 5.41) is 2.70. The number of hydrogen-bond donors (Lipinski definition) is 1. The second kappa shape index (κ2) is 9.54. The number of nitrogens with zero attached hydrogens (tertiary/aromatic N) is 1. The van der Waals surface area contributed by atoms with Gasteiger partial charge in [0, 0.05) is 18.8 Å². The van der Waals surface area contributed by atoms with E-state index >= 15 is 0 Å². The van der Waals surface area contributed by atoms with Crippen LogP contribution in [0.1, 0.15) is 25.7 Å². The number of carbonyl (C=O) groups excluding carboxylic acids is 1. The Balaban J connectivity index is 1.65. The van der Waals surface area contributed by atoms with Crippen LogP contribution >= 0.6 is 15.9 Å². The van der Waals surface area contributed by atoms with Crippen LogP contribution in [0.15, 0.2) is 57.9 Å². The Morgan fingerprint density at radius 1 is 1.04 bits per heavy atom. The van der Waals surface area contributed by atoms with Gasteiger partial charge in [-0.2, -0.15) is 4.31 Å². The normalized spacial score (nSPS) is 15.6. The molecular formula is C20H23BrN2O4S. The van der Waals surface area contributed by atoms with Crippen LogP contribution in [-0.2, 0) is 14.8 Å². The summed E-state index contributed by atoms with van der Waals surface area (Å²) in [6.07, 6.45) is 3.86. The van der Waals surface area contributed by atoms with Crippen LogP contribution in [-0.4, -0.2) is 38.3 Å². The lowest BCUT2D eigenvalue weighted by molar-refractivity contribution is -0.118. The number of benzene rings is 2. The van der Waals surface area contributed by atoms with Gasteiger partial charge < -0.3 is 10.1 Å². The highest BCUT2D eigenvalue weighted by molar-refractivity contribution is 9.10. The molecule has 0 aromatic heterocycles. The maximum atomic E-state index is 12.9. The third-order valence-corrected chi connectivity index (χ3v) is 7.07. The topological polar surface area (TPSA) is 75.7 Å². The molecule has 28 heavy (non-hydrogen) atoms. The highest BCUT2D eigenvalue weighted by atomic mass is 79.9. The molecule has 0 unspecified atom stereocenters. The highest BCUT2D eigenvalue weighted by Crippen LogP contribution is 2.24. The van der Waals surface area contributed by atoms with Gasteiger partial charge in [0.2, 0.25) is 10.0 Å². The van der Waals surface area contributed by atoms with Crippen molar-refractivity contribution in [1.82, 2.24) is 4.31 Å². The molecule has 8 heteroatoms. The predicted molar refractivity (Wildman–Crippen MR) is 112 cm³/mol. The van der Waals surface area contributed by atoms with Gasteiger partial charge >= 0.3 is 0 Å². The van der Waals surface area contributed by atoms with Gasteiger partial charge in [-0.25, -0.2) is 8.42 Å². The zero-order valence-corrected chi connectivity index (χ0v) is 17.8. The van der Waals surface area contributed by atoms with Gasteiger partial charge in [-0.05, 0) is 59.1 Å². The van der Waals surface area contributed by atoms with Crippen LogP contribution in [0.3, 0.4) is 0 Å². The quantitative estimate of drug-likeness (QED) is 0.696. The minimum atomic E-state index is -3.56. The largest absolute Gasteiger partial charge is 0.483 e. The lowest BCUT2D eigenvalue weighted by Crippen LogP contribution is -2.32. The van der Waals surface area contributed by atoms with Crippen LogP contribution in [0.4, 0.5) is 5.69 Å². The van der Waals surface area contributed by atoms with Crippen molar-refractivity contribution in [2.24, 2.45) is 0 Å². The standard InChI is InChI=1S/C20H23BrN2O4S/c21-18-10-3-4-11-19(18)27-15-20(24)22-16-8-7-9-17(14-16)28(25,26)23-12-5-1-2-6-13-23/h3-4,7-11,14H,1-2,5-6,12-13,15H2,(H,22,24). The number of carbonyl (C=O) groups is 1. The van der Waals surface area contributed by atoms with E-state index < -0.39 is 10.0 Å². The third-order valence-electron chi connectivity index (χ3n) is 4.52. The fraction of sp³-hybridized carbons (Fsp3) is 0.350. The van der Waals surface area contributed by atoms with Gasteiger partial charge in [0.25, 0.3) is 5.91 Å². The zero-order chi connectivity index (χ0) is 20.0. The Morgan fingerprint density at radius 3 is 2.46 bits per heavy atom. The summed E-state index contributed by atoms with van der Waals surface area (Å²) in [4.78, 5) is 12.4. The SMILES string of the molecule is O=C(COc1ccccc1Br)Nc1cccc(S(=O)(=O)N2CCCCCC2)c1. The Hall–Kier alpha value is -1.90. The van der Waals surface area contributed by atoms with Gasteiger partial charge in [0.15, 0.2) is 6.61 Å². The van der Waals surface area contributed by atoms with Crippen molar-refractivity contribution in [3.63, 3.8) is 0 Å². The second-order valence-electron chi connectivity index (χ2n) is 6.61. The monoisotopic (exact) mass is 466 g/mol. The van der Waals surface area contributed by atoms with Gasteiger partial charge in [-0.3, -0.25) is 4.79 Å². The van der Waals surface area contributed by atoms with Crippen LogP contribution in [0.25, 0.3) is 0 Å². The van der Waals surface area contributed by atoms with E-state index in [9.17, 15) is 13.2 Å². The van der Waals surface area contributed by atoms with Crippen LogP contribution in [0.5, 0.6) is 5.75 Å². The lowest BCUT2D eigenvalue weighted by Gasteiger charge is -2.20. The van der Waals surface area contributed by atoms with Crippen molar-refractivity contribution in [2.45, 2.75) is 30.6 Å². The van der Waals surface area contributed by atoms with Crippen LogP contribution in [0.2, 0.25) is 0 Å². The molecule has 1 saturated heterocycles. The third kappa shape index (κ3) is 5.33. The van der Waals surface area contributed by atoms with Crippen LogP contribution < -0.4 is 10.1 Å². The summed E-state index contributed by atoms with van der Waals surface area (Å²) in [7, 11) is -3.56. The number of hydrogen-bond acceptors (Lipinski definition) is 4.